The Morgan fingerprint density at radius 2 is 1.55 bits per heavy atom. The summed E-state index contributed by atoms with van der Waals surface area (Å²) in [6.07, 6.45) is 0. The van der Waals surface area contributed by atoms with Gasteiger partial charge in [0.2, 0.25) is 0 Å². The highest BCUT2D eigenvalue weighted by Crippen LogP contribution is 2.17. The van der Waals surface area contributed by atoms with Crippen molar-refractivity contribution in [2.75, 3.05) is 10.6 Å². The zero-order chi connectivity index (χ0) is 16.1. The van der Waals surface area contributed by atoms with Crippen LogP contribution in [0, 0.1) is 10.1 Å². The average molecular weight is 301 g/mol. The first-order valence-electron chi connectivity index (χ1n) is 6.11. The SMILES string of the molecule is O=C(Nc1ccc([N+](=O)[O-])cc1)C(=O)Nc1cccc(O)c1. The van der Waals surface area contributed by atoms with Gasteiger partial charge in [-0.3, -0.25) is 19.7 Å². The molecule has 2 amide bonds. The number of anilines is 2. The molecule has 3 N–H and O–H groups in total. The van der Waals surface area contributed by atoms with E-state index in [1.807, 2.05) is 0 Å². The summed E-state index contributed by atoms with van der Waals surface area (Å²) in [4.78, 5) is 33.3. The Morgan fingerprint density at radius 1 is 0.955 bits per heavy atom. The number of aromatic hydroxyl groups is 1. The lowest BCUT2D eigenvalue weighted by molar-refractivity contribution is -0.384. The maximum Gasteiger partial charge on any atom is 0.314 e. The highest BCUT2D eigenvalue weighted by atomic mass is 16.6. The number of hydrogen-bond acceptors (Lipinski definition) is 5. The monoisotopic (exact) mass is 301 g/mol. The van der Waals surface area contributed by atoms with Crippen molar-refractivity contribution >= 4 is 28.9 Å². The van der Waals surface area contributed by atoms with Gasteiger partial charge in [0.25, 0.3) is 5.69 Å². The van der Waals surface area contributed by atoms with Gasteiger partial charge in [-0.15, -0.1) is 0 Å². The first-order chi connectivity index (χ1) is 10.5. The number of rotatable bonds is 3. The van der Waals surface area contributed by atoms with Gasteiger partial charge >= 0.3 is 11.8 Å². The fraction of sp³-hybridized carbons (Fsp3) is 0. The van der Waals surface area contributed by atoms with Crippen LogP contribution < -0.4 is 10.6 Å². The Kier molecular flexibility index (Phi) is 4.33. The van der Waals surface area contributed by atoms with Crippen molar-refractivity contribution in [3.05, 3.63) is 58.6 Å². The molecular weight excluding hydrogens is 290 g/mol. The molecular formula is C14H11N3O5. The number of amides is 2. The van der Waals surface area contributed by atoms with Crippen LogP contribution in [0.3, 0.4) is 0 Å². The molecule has 0 unspecified atom stereocenters. The minimum Gasteiger partial charge on any atom is -0.508 e. The van der Waals surface area contributed by atoms with E-state index in [-0.39, 0.29) is 22.8 Å². The standard InChI is InChI=1S/C14H11N3O5/c18-12-3-1-2-10(8-12)16-14(20)13(19)15-9-4-6-11(7-5-9)17(21)22/h1-8,18H,(H,15,19)(H,16,20). The molecule has 0 saturated carbocycles. The summed E-state index contributed by atoms with van der Waals surface area (Å²) in [6, 6.07) is 10.8. The second kappa shape index (κ2) is 6.35. The lowest BCUT2D eigenvalue weighted by Gasteiger charge is -2.06. The Bertz CT molecular complexity index is 728. The normalized spacial score (nSPS) is 9.82. The van der Waals surface area contributed by atoms with E-state index in [0.717, 1.165) is 0 Å². The summed E-state index contributed by atoms with van der Waals surface area (Å²) in [5, 5.41) is 24.4. The van der Waals surface area contributed by atoms with Gasteiger partial charge in [0.05, 0.1) is 4.92 Å². The zero-order valence-corrected chi connectivity index (χ0v) is 11.1. The van der Waals surface area contributed by atoms with Crippen molar-refractivity contribution in [3.8, 4) is 5.75 Å². The van der Waals surface area contributed by atoms with Crippen molar-refractivity contribution in [1.82, 2.24) is 0 Å². The Hall–Kier alpha value is -3.42. The molecule has 0 bridgehead atoms. The molecule has 0 atom stereocenters. The number of phenolic OH excluding ortho intramolecular Hbond substituents is 1. The number of phenols is 1. The summed E-state index contributed by atoms with van der Waals surface area (Å²) < 4.78 is 0. The molecule has 0 spiro atoms. The van der Waals surface area contributed by atoms with E-state index >= 15 is 0 Å². The lowest BCUT2D eigenvalue weighted by Crippen LogP contribution is -2.29. The second-order valence-electron chi connectivity index (χ2n) is 4.26. The number of nitrogens with zero attached hydrogens (tertiary/aromatic N) is 1. The van der Waals surface area contributed by atoms with Gasteiger partial charge in [0.15, 0.2) is 0 Å². The quantitative estimate of drug-likeness (QED) is 0.454. The molecule has 8 heteroatoms. The van der Waals surface area contributed by atoms with Gasteiger partial charge < -0.3 is 15.7 Å². The molecule has 0 aliphatic carbocycles. The predicted molar refractivity (Wildman–Crippen MR) is 78.5 cm³/mol. The maximum absolute atomic E-state index is 11.7. The van der Waals surface area contributed by atoms with E-state index < -0.39 is 16.7 Å². The average Bonchev–Trinajstić information content (AvgIpc) is 2.47. The molecule has 0 radical (unpaired) electrons. The van der Waals surface area contributed by atoms with Crippen molar-refractivity contribution in [1.29, 1.82) is 0 Å². The highest BCUT2D eigenvalue weighted by Gasteiger charge is 2.14. The molecule has 22 heavy (non-hydrogen) atoms. The van der Waals surface area contributed by atoms with Gasteiger partial charge in [-0.25, -0.2) is 0 Å². The number of carbonyl (C=O) groups excluding carboxylic acids is 2. The van der Waals surface area contributed by atoms with Crippen LogP contribution >= 0.6 is 0 Å². The third-order valence-electron chi connectivity index (χ3n) is 2.65. The summed E-state index contributed by atoms with van der Waals surface area (Å²) in [5.41, 5.74) is 0.396. The lowest BCUT2D eigenvalue weighted by atomic mass is 10.2. The molecule has 0 fully saturated rings. The van der Waals surface area contributed by atoms with Crippen LogP contribution in [-0.4, -0.2) is 21.8 Å². The van der Waals surface area contributed by atoms with Gasteiger partial charge in [-0.1, -0.05) is 6.07 Å². The van der Waals surface area contributed by atoms with E-state index in [1.54, 1.807) is 0 Å². The van der Waals surface area contributed by atoms with Crippen molar-refractivity contribution in [2.45, 2.75) is 0 Å². The topological polar surface area (TPSA) is 122 Å². The van der Waals surface area contributed by atoms with Gasteiger partial charge in [0, 0.05) is 29.6 Å². The smallest absolute Gasteiger partial charge is 0.314 e. The second-order valence-corrected chi connectivity index (χ2v) is 4.26. The number of non-ortho nitro benzene ring substituents is 1. The van der Waals surface area contributed by atoms with Gasteiger partial charge in [-0.05, 0) is 24.3 Å². The van der Waals surface area contributed by atoms with Crippen LogP contribution in [0.2, 0.25) is 0 Å². The number of nitrogens with one attached hydrogen (secondary N) is 2. The molecule has 2 aromatic rings. The Balaban J connectivity index is 1.99. The highest BCUT2D eigenvalue weighted by molar-refractivity contribution is 6.43. The number of nitro benzene ring substituents is 1. The summed E-state index contributed by atoms with van der Waals surface area (Å²) in [7, 11) is 0. The molecule has 112 valence electrons. The summed E-state index contributed by atoms with van der Waals surface area (Å²) in [5.74, 6) is -1.91. The minimum atomic E-state index is -0.933. The number of hydrogen-bond donors (Lipinski definition) is 3. The molecule has 8 nitrogen and oxygen atoms in total. The van der Waals surface area contributed by atoms with Crippen LogP contribution in [0.1, 0.15) is 0 Å². The largest absolute Gasteiger partial charge is 0.508 e. The zero-order valence-electron chi connectivity index (χ0n) is 11.1. The predicted octanol–water partition coefficient (Wildman–Crippen LogP) is 1.88. The third-order valence-corrected chi connectivity index (χ3v) is 2.65. The van der Waals surface area contributed by atoms with E-state index in [4.69, 9.17) is 0 Å². The van der Waals surface area contributed by atoms with Crippen molar-refractivity contribution in [3.63, 3.8) is 0 Å². The van der Waals surface area contributed by atoms with Crippen molar-refractivity contribution in [2.24, 2.45) is 0 Å². The fourth-order valence-corrected chi connectivity index (χ4v) is 1.63. The first-order valence-corrected chi connectivity index (χ1v) is 6.11. The first kappa shape index (κ1) is 15.0. The van der Waals surface area contributed by atoms with Gasteiger partial charge in [-0.2, -0.15) is 0 Å². The number of carbonyl (C=O) groups is 2. The van der Waals surface area contributed by atoms with Crippen molar-refractivity contribution < 1.29 is 19.6 Å². The Labute approximate surface area is 124 Å². The van der Waals surface area contributed by atoms with Crippen LogP contribution in [-0.2, 0) is 9.59 Å². The van der Waals surface area contributed by atoms with E-state index in [9.17, 15) is 24.8 Å². The van der Waals surface area contributed by atoms with E-state index in [0.29, 0.717) is 0 Å². The molecule has 2 aromatic carbocycles. The minimum absolute atomic E-state index is 0.0476. The summed E-state index contributed by atoms with van der Waals surface area (Å²) in [6.45, 7) is 0. The Morgan fingerprint density at radius 3 is 2.09 bits per heavy atom. The molecule has 0 saturated heterocycles. The van der Waals surface area contributed by atoms with E-state index in [1.165, 1.54) is 48.5 Å². The fourth-order valence-electron chi connectivity index (χ4n) is 1.63. The number of nitro groups is 1. The number of benzene rings is 2. The van der Waals surface area contributed by atoms with Crippen LogP contribution in [0.5, 0.6) is 5.75 Å². The summed E-state index contributed by atoms with van der Waals surface area (Å²) >= 11 is 0. The maximum atomic E-state index is 11.7. The third kappa shape index (κ3) is 3.79. The molecule has 0 heterocycles. The van der Waals surface area contributed by atoms with Crippen LogP contribution in [0.15, 0.2) is 48.5 Å². The molecule has 0 aliphatic rings. The molecule has 0 aromatic heterocycles. The van der Waals surface area contributed by atoms with E-state index in [2.05, 4.69) is 10.6 Å². The van der Waals surface area contributed by atoms with Gasteiger partial charge in [0.1, 0.15) is 5.75 Å². The van der Waals surface area contributed by atoms with Crippen LogP contribution in [0.25, 0.3) is 0 Å². The molecule has 2 rings (SSSR count). The molecule has 0 aliphatic heterocycles. The van der Waals surface area contributed by atoms with Crippen LogP contribution in [0.4, 0.5) is 17.1 Å².